The van der Waals surface area contributed by atoms with Crippen molar-refractivity contribution in [3.63, 3.8) is 0 Å². The zero-order valence-corrected chi connectivity index (χ0v) is 12.3. The molecule has 0 aromatic carbocycles. The fraction of sp³-hybridized carbons (Fsp3) is 0.400. The molecule has 0 atom stereocenters. The number of hydrogen-bond acceptors (Lipinski definition) is 3. The molecule has 3 aromatic rings. The summed E-state index contributed by atoms with van der Waals surface area (Å²) in [5.41, 5.74) is 2.08. The van der Waals surface area contributed by atoms with Crippen LogP contribution < -0.4 is 0 Å². The highest BCUT2D eigenvalue weighted by atomic mass is 15.3. The number of aryl methyl sites for hydroxylation is 1. The predicted molar refractivity (Wildman–Crippen MR) is 78.2 cm³/mol. The molecule has 5 heteroatoms. The number of nitrogens with zero attached hydrogens (tertiary/aromatic N) is 5. The number of hydrogen-bond donors (Lipinski definition) is 0. The van der Waals surface area contributed by atoms with Crippen LogP contribution in [0.15, 0.2) is 30.9 Å². The van der Waals surface area contributed by atoms with Crippen LogP contribution in [0.3, 0.4) is 0 Å². The zero-order chi connectivity index (χ0) is 14.3. The number of rotatable bonds is 2. The van der Waals surface area contributed by atoms with Crippen LogP contribution in [-0.2, 0) is 11.8 Å². The predicted octanol–water partition coefficient (Wildman–Crippen LogP) is 2.77. The molecule has 0 radical (unpaired) electrons. The summed E-state index contributed by atoms with van der Waals surface area (Å²) in [6.07, 6.45) is 8.30. The van der Waals surface area contributed by atoms with Crippen LogP contribution in [0.25, 0.3) is 11.3 Å². The average Bonchev–Trinajstić information content (AvgIpc) is 3.03. The largest absolute Gasteiger partial charge is 0.286 e. The molecule has 0 bridgehead atoms. The lowest BCUT2D eigenvalue weighted by Crippen LogP contribution is -2.11. The van der Waals surface area contributed by atoms with Gasteiger partial charge in [-0.25, -0.2) is 14.5 Å². The summed E-state index contributed by atoms with van der Waals surface area (Å²) in [6, 6.07) is 2.11. The number of imidazole rings is 1. The molecular formula is C15H19N5. The van der Waals surface area contributed by atoms with Crippen LogP contribution in [-0.4, -0.2) is 24.1 Å². The highest BCUT2D eigenvalue weighted by Gasteiger charge is 2.19. The Hall–Kier alpha value is -2.17. The minimum Gasteiger partial charge on any atom is -0.286 e. The molecule has 20 heavy (non-hydrogen) atoms. The van der Waals surface area contributed by atoms with Crippen LogP contribution in [0.5, 0.6) is 0 Å². The molecule has 0 saturated carbocycles. The van der Waals surface area contributed by atoms with Crippen LogP contribution in [0.1, 0.15) is 39.2 Å². The first-order valence-corrected chi connectivity index (χ1v) is 6.88. The molecular weight excluding hydrogens is 250 g/mol. The minimum absolute atomic E-state index is 0.0197. The molecule has 104 valence electrons. The van der Waals surface area contributed by atoms with E-state index in [1.54, 1.807) is 6.20 Å². The van der Waals surface area contributed by atoms with Gasteiger partial charge in [0.25, 0.3) is 0 Å². The Balaban J connectivity index is 2.24. The molecule has 3 rings (SSSR count). The van der Waals surface area contributed by atoms with E-state index in [1.807, 2.05) is 27.7 Å². The summed E-state index contributed by atoms with van der Waals surface area (Å²) in [5, 5.41) is 4.65. The molecule has 3 heterocycles. The van der Waals surface area contributed by atoms with E-state index < -0.39 is 0 Å². The first kappa shape index (κ1) is 12.8. The minimum atomic E-state index is 0.0197. The maximum atomic E-state index is 4.65. The third-order valence-corrected chi connectivity index (χ3v) is 3.40. The number of aromatic nitrogens is 5. The van der Waals surface area contributed by atoms with Gasteiger partial charge in [0.05, 0.1) is 5.69 Å². The second-order valence-electron chi connectivity index (χ2n) is 5.93. The molecule has 0 fully saturated rings. The zero-order valence-electron chi connectivity index (χ0n) is 12.3. The summed E-state index contributed by atoms with van der Waals surface area (Å²) >= 11 is 0. The van der Waals surface area contributed by atoms with Crippen molar-refractivity contribution in [2.45, 2.75) is 39.5 Å². The summed E-state index contributed by atoms with van der Waals surface area (Å²) in [6.45, 7) is 8.58. The van der Waals surface area contributed by atoms with E-state index >= 15 is 0 Å². The fourth-order valence-electron chi connectivity index (χ4n) is 2.25. The Morgan fingerprint density at radius 3 is 2.55 bits per heavy atom. The maximum absolute atomic E-state index is 4.65. The molecule has 5 nitrogen and oxygen atoms in total. The topological polar surface area (TPSA) is 48.0 Å². The van der Waals surface area contributed by atoms with Crippen LogP contribution >= 0.6 is 0 Å². The third-order valence-electron chi connectivity index (χ3n) is 3.40. The van der Waals surface area contributed by atoms with E-state index in [2.05, 4.69) is 48.8 Å². The molecule has 3 aromatic heterocycles. The van der Waals surface area contributed by atoms with Crippen molar-refractivity contribution >= 4 is 5.52 Å². The lowest BCUT2D eigenvalue weighted by Gasteiger charge is -2.13. The van der Waals surface area contributed by atoms with Crippen molar-refractivity contribution in [1.82, 2.24) is 24.1 Å². The van der Waals surface area contributed by atoms with Crippen molar-refractivity contribution in [3.8, 4) is 5.82 Å². The molecule has 0 aliphatic heterocycles. The van der Waals surface area contributed by atoms with Gasteiger partial charge in [-0.2, -0.15) is 5.10 Å². The summed E-state index contributed by atoms with van der Waals surface area (Å²) < 4.78 is 3.92. The molecule has 0 amide bonds. The second-order valence-corrected chi connectivity index (χ2v) is 5.93. The molecule has 0 aliphatic rings. The van der Waals surface area contributed by atoms with E-state index in [-0.39, 0.29) is 5.41 Å². The fourth-order valence-corrected chi connectivity index (χ4v) is 2.25. The first-order chi connectivity index (χ1) is 9.50. The summed E-state index contributed by atoms with van der Waals surface area (Å²) in [7, 11) is 0. The van der Waals surface area contributed by atoms with Crippen molar-refractivity contribution in [2.75, 3.05) is 0 Å². The Morgan fingerprint density at radius 1 is 1.10 bits per heavy atom. The summed E-state index contributed by atoms with van der Waals surface area (Å²) in [5.74, 6) is 1.88. The third kappa shape index (κ3) is 1.99. The van der Waals surface area contributed by atoms with Crippen LogP contribution in [0.2, 0.25) is 0 Å². The van der Waals surface area contributed by atoms with Crippen molar-refractivity contribution in [3.05, 3.63) is 42.4 Å². The normalized spacial score (nSPS) is 12.2. The Labute approximate surface area is 118 Å². The van der Waals surface area contributed by atoms with Crippen molar-refractivity contribution in [2.24, 2.45) is 0 Å². The van der Waals surface area contributed by atoms with E-state index in [0.29, 0.717) is 0 Å². The van der Waals surface area contributed by atoms with Gasteiger partial charge >= 0.3 is 0 Å². The Kier molecular flexibility index (Phi) is 2.85. The van der Waals surface area contributed by atoms with Gasteiger partial charge in [0.15, 0.2) is 5.82 Å². The quantitative estimate of drug-likeness (QED) is 0.718. The van der Waals surface area contributed by atoms with Gasteiger partial charge in [-0.15, -0.1) is 0 Å². The summed E-state index contributed by atoms with van der Waals surface area (Å²) in [4.78, 5) is 8.88. The maximum Gasteiger partial charge on any atom is 0.164 e. The van der Waals surface area contributed by atoms with Gasteiger partial charge in [0.2, 0.25) is 0 Å². The van der Waals surface area contributed by atoms with Gasteiger partial charge in [-0.3, -0.25) is 4.57 Å². The Bertz CT molecular complexity index is 745. The SMILES string of the molecule is CCc1nccn1-c1nccn2nc(C(C)(C)C)cc12. The van der Waals surface area contributed by atoms with Crippen molar-refractivity contribution < 1.29 is 0 Å². The highest BCUT2D eigenvalue weighted by Crippen LogP contribution is 2.24. The van der Waals surface area contributed by atoms with E-state index in [9.17, 15) is 0 Å². The van der Waals surface area contributed by atoms with Crippen LogP contribution in [0, 0.1) is 0 Å². The molecule has 0 spiro atoms. The lowest BCUT2D eigenvalue weighted by molar-refractivity contribution is 0.562. The standard InChI is InChI=1S/C15H19N5/c1-5-13-16-6-8-19(13)14-11-10-12(15(2,3)4)18-20(11)9-7-17-14/h6-10H,5H2,1-4H3. The Morgan fingerprint density at radius 2 is 1.85 bits per heavy atom. The van der Waals surface area contributed by atoms with Crippen molar-refractivity contribution in [1.29, 1.82) is 0 Å². The van der Waals surface area contributed by atoms with Gasteiger partial charge in [0, 0.05) is 36.6 Å². The van der Waals surface area contributed by atoms with Crippen LogP contribution in [0.4, 0.5) is 0 Å². The van der Waals surface area contributed by atoms with Gasteiger partial charge < -0.3 is 0 Å². The number of fused-ring (bicyclic) bond motifs is 1. The average molecular weight is 269 g/mol. The van der Waals surface area contributed by atoms with E-state index in [0.717, 1.165) is 29.3 Å². The highest BCUT2D eigenvalue weighted by molar-refractivity contribution is 5.61. The van der Waals surface area contributed by atoms with E-state index in [4.69, 9.17) is 0 Å². The van der Waals surface area contributed by atoms with Gasteiger partial charge in [0.1, 0.15) is 11.3 Å². The second kappa shape index (κ2) is 4.44. The first-order valence-electron chi connectivity index (χ1n) is 6.88. The monoisotopic (exact) mass is 269 g/mol. The molecule has 0 saturated heterocycles. The molecule has 0 N–H and O–H groups in total. The van der Waals surface area contributed by atoms with Gasteiger partial charge in [-0.1, -0.05) is 27.7 Å². The van der Waals surface area contributed by atoms with Gasteiger partial charge in [-0.05, 0) is 6.07 Å². The lowest BCUT2D eigenvalue weighted by atomic mass is 9.92. The smallest absolute Gasteiger partial charge is 0.164 e. The molecule has 0 unspecified atom stereocenters. The molecule has 0 aliphatic carbocycles. The van der Waals surface area contributed by atoms with E-state index in [1.165, 1.54) is 0 Å².